The second kappa shape index (κ2) is 5.76. The van der Waals surface area contributed by atoms with Gasteiger partial charge in [-0.3, -0.25) is 0 Å². The lowest BCUT2D eigenvalue weighted by atomic mass is 10.1. The van der Waals surface area contributed by atoms with E-state index in [0.717, 1.165) is 5.56 Å². The molecule has 0 aliphatic carbocycles. The summed E-state index contributed by atoms with van der Waals surface area (Å²) in [5, 5.41) is 11.5. The molecule has 0 unspecified atom stereocenters. The first-order valence-electron chi connectivity index (χ1n) is 5.15. The van der Waals surface area contributed by atoms with E-state index in [9.17, 15) is 4.79 Å². The van der Waals surface area contributed by atoms with E-state index >= 15 is 0 Å². The molecule has 0 atom stereocenters. The molecule has 0 fully saturated rings. The number of benzene rings is 1. The lowest BCUT2D eigenvalue weighted by molar-refractivity contribution is 0.207. The molecule has 0 saturated heterocycles. The van der Waals surface area contributed by atoms with E-state index in [1.54, 1.807) is 24.1 Å². The quantitative estimate of drug-likeness (QED) is 0.838. The minimum Gasteiger partial charge on any atom is -0.338 e. The van der Waals surface area contributed by atoms with Crippen molar-refractivity contribution in [2.45, 2.75) is 13.5 Å². The molecule has 0 aliphatic heterocycles. The molecule has 16 heavy (non-hydrogen) atoms. The number of rotatable bonds is 3. The van der Waals surface area contributed by atoms with E-state index in [2.05, 4.69) is 11.4 Å². The van der Waals surface area contributed by atoms with E-state index in [1.807, 2.05) is 19.1 Å². The number of urea groups is 1. The van der Waals surface area contributed by atoms with Crippen LogP contribution in [0.2, 0.25) is 0 Å². The van der Waals surface area contributed by atoms with Gasteiger partial charge in [0.15, 0.2) is 0 Å². The van der Waals surface area contributed by atoms with Crippen LogP contribution in [0.25, 0.3) is 0 Å². The summed E-state index contributed by atoms with van der Waals surface area (Å²) in [5.74, 6) is 0. The van der Waals surface area contributed by atoms with Crippen molar-refractivity contribution < 1.29 is 4.79 Å². The van der Waals surface area contributed by atoms with Crippen LogP contribution in [0.3, 0.4) is 0 Å². The molecule has 2 amide bonds. The highest BCUT2D eigenvalue weighted by Crippen LogP contribution is 2.06. The summed E-state index contributed by atoms with van der Waals surface area (Å²) in [5.41, 5.74) is 1.56. The Morgan fingerprint density at radius 2 is 2.31 bits per heavy atom. The molecule has 0 radical (unpaired) electrons. The van der Waals surface area contributed by atoms with Crippen LogP contribution < -0.4 is 5.32 Å². The maximum Gasteiger partial charge on any atom is 0.317 e. The number of carbonyl (C=O) groups excluding carboxylic acids is 1. The molecule has 0 saturated carbocycles. The highest BCUT2D eigenvalue weighted by molar-refractivity contribution is 5.73. The van der Waals surface area contributed by atoms with Gasteiger partial charge in [-0.2, -0.15) is 5.26 Å². The minimum absolute atomic E-state index is 0.107. The molecule has 0 spiro atoms. The molecule has 1 aromatic carbocycles. The fourth-order valence-corrected chi connectivity index (χ4v) is 1.37. The lowest BCUT2D eigenvalue weighted by Crippen LogP contribution is -2.36. The third-order valence-corrected chi connectivity index (χ3v) is 2.15. The molecule has 0 aromatic heterocycles. The monoisotopic (exact) mass is 217 g/mol. The van der Waals surface area contributed by atoms with Crippen LogP contribution in [0.5, 0.6) is 0 Å². The molecule has 4 nitrogen and oxygen atoms in total. The van der Waals surface area contributed by atoms with Crippen LogP contribution in [-0.2, 0) is 6.54 Å². The molecule has 4 heteroatoms. The highest BCUT2D eigenvalue weighted by atomic mass is 16.2. The third-order valence-electron chi connectivity index (χ3n) is 2.15. The zero-order valence-electron chi connectivity index (χ0n) is 9.53. The lowest BCUT2D eigenvalue weighted by Gasteiger charge is -2.17. The van der Waals surface area contributed by atoms with E-state index in [0.29, 0.717) is 18.7 Å². The van der Waals surface area contributed by atoms with Gasteiger partial charge in [0.25, 0.3) is 0 Å². The largest absolute Gasteiger partial charge is 0.338 e. The Kier molecular flexibility index (Phi) is 4.34. The Morgan fingerprint density at radius 3 is 2.94 bits per heavy atom. The third kappa shape index (κ3) is 3.28. The Labute approximate surface area is 95.5 Å². The molecular weight excluding hydrogens is 202 g/mol. The first kappa shape index (κ1) is 12.1. The fraction of sp³-hybridized carbons (Fsp3) is 0.333. The number of nitrogens with zero attached hydrogens (tertiary/aromatic N) is 2. The van der Waals surface area contributed by atoms with Gasteiger partial charge in [-0.1, -0.05) is 12.1 Å². The number of nitrogens with one attached hydrogen (secondary N) is 1. The Bertz CT molecular complexity index is 409. The number of hydrogen-bond donors (Lipinski definition) is 1. The summed E-state index contributed by atoms with van der Waals surface area (Å²) in [7, 11) is 1.73. The van der Waals surface area contributed by atoms with Crippen molar-refractivity contribution in [1.29, 1.82) is 5.26 Å². The summed E-state index contributed by atoms with van der Waals surface area (Å²) in [6.45, 7) is 2.99. The summed E-state index contributed by atoms with van der Waals surface area (Å²) < 4.78 is 0. The number of carbonyl (C=O) groups is 1. The number of amides is 2. The molecular formula is C12H15N3O. The number of nitriles is 1. The first-order chi connectivity index (χ1) is 7.67. The van der Waals surface area contributed by atoms with Gasteiger partial charge in [0, 0.05) is 20.1 Å². The van der Waals surface area contributed by atoms with Crippen molar-refractivity contribution in [3.63, 3.8) is 0 Å². The van der Waals surface area contributed by atoms with Crippen LogP contribution in [0.1, 0.15) is 18.1 Å². The van der Waals surface area contributed by atoms with Crippen LogP contribution in [0, 0.1) is 11.3 Å². The second-order valence-electron chi connectivity index (χ2n) is 3.50. The average Bonchev–Trinajstić information content (AvgIpc) is 2.29. The van der Waals surface area contributed by atoms with Gasteiger partial charge in [0.1, 0.15) is 0 Å². The zero-order valence-corrected chi connectivity index (χ0v) is 9.53. The Morgan fingerprint density at radius 1 is 1.56 bits per heavy atom. The predicted molar refractivity (Wildman–Crippen MR) is 61.7 cm³/mol. The molecule has 0 heterocycles. The first-order valence-corrected chi connectivity index (χ1v) is 5.15. The van der Waals surface area contributed by atoms with E-state index in [1.165, 1.54) is 0 Å². The zero-order chi connectivity index (χ0) is 12.0. The predicted octanol–water partition coefficient (Wildman–Crippen LogP) is 1.72. The maximum absolute atomic E-state index is 11.5. The van der Waals surface area contributed by atoms with Crippen molar-refractivity contribution in [3.8, 4) is 6.07 Å². The van der Waals surface area contributed by atoms with E-state index in [-0.39, 0.29) is 6.03 Å². The Hall–Kier alpha value is -2.02. The summed E-state index contributed by atoms with van der Waals surface area (Å²) in [4.78, 5) is 13.0. The standard InChI is InChI=1S/C12H15N3O/c1-3-14-12(16)15(2)9-11-6-4-5-10(7-11)8-13/h4-7H,3,9H2,1-2H3,(H,14,16). The van der Waals surface area contributed by atoms with Crippen molar-refractivity contribution in [3.05, 3.63) is 35.4 Å². The summed E-state index contributed by atoms with van der Waals surface area (Å²) >= 11 is 0. The number of hydrogen-bond acceptors (Lipinski definition) is 2. The van der Waals surface area contributed by atoms with Crippen LogP contribution in [-0.4, -0.2) is 24.5 Å². The van der Waals surface area contributed by atoms with E-state index < -0.39 is 0 Å². The van der Waals surface area contributed by atoms with Gasteiger partial charge < -0.3 is 10.2 Å². The molecule has 1 rings (SSSR count). The molecule has 1 aromatic rings. The fourth-order valence-electron chi connectivity index (χ4n) is 1.37. The van der Waals surface area contributed by atoms with Crippen molar-refractivity contribution in [2.75, 3.05) is 13.6 Å². The molecule has 1 N–H and O–H groups in total. The molecule has 84 valence electrons. The summed E-state index contributed by atoms with van der Waals surface area (Å²) in [6, 6.07) is 9.22. The highest BCUT2D eigenvalue weighted by Gasteiger charge is 2.07. The average molecular weight is 217 g/mol. The minimum atomic E-state index is -0.107. The van der Waals surface area contributed by atoms with Gasteiger partial charge >= 0.3 is 6.03 Å². The maximum atomic E-state index is 11.5. The van der Waals surface area contributed by atoms with Gasteiger partial charge in [-0.15, -0.1) is 0 Å². The van der Waals surface area contributed by atoms with Crippen molar-refractivity contribution >= 4 is 6.03 Å². The molecule has 0 aliphatic rings. The van der Waals surface area contributed by atoms with Gasteiger partial charge in [0.05, 0.1) is 11.6 Å². The topological polar surface area (TPSA) is 56.1 Å². The molecule has 0 bridgehead atoms. The SMILES string of the molecule is CCNC(=O)N(C)Cc1cccc(C#N)c1. The smallest absolute Gasteiger partial charge is 0.317 e. The normalized spacial score (nSPS) is 9.31. The van der Waals surface area contributed by atoms with Crippen LogP contribution >= 0.6 is 0 Å². The van der Waals surface area contributed by atoms with Gasteiger partial charge in [-0.05, 0) is 24.6 Å². The van der Waals surface area contributed by atoms with E-state index in [4.69, 9.17) is 5.26 Å². The van der Waals surface area contributed by atoms with Crippen LogP contribution in [0.15, 0.2) is 24.3 Å². The van der Waals surface area contributed by atoms with Gasteiger partial charge in [0.2, 0.25) is 0 Å². The van der Waals surface area contributed by atoms with Crippen molar-refractivity contribution in [2.24, 2.45) is 0 Å². The Balaban J connectivity index is 2.66. The van der Waals surface area contributed by atoms with Crippen molar-refractivity contribution in [1.82, 2.24) is 10.2 Å². The summed E-state index contributed by atoms with van der Waals surface area (Å²) in [6.07, 6.45) is 0. The second-order valence-corrected chi connectivity index (χ2v) is 3.50. The van der Waals surface area contributed by atoms with Gasteiger partial charge in [-0.25, -0.2) is 4.79 Å². The van der Waals surface area contributed by atoms with Crippen LogP contribution in [0.4, 0.5) is 4.79 Å².